The standard InChI is InChI=1S/C27H41N5O3/c1-26(2,3)35-25(33)32-14-7-20(8-15-32)9-16-34-24-17-22(30-23(18-28)31-24)29-19-21-5-12-27(13-6-21)10-4-11-27/h17,20-21H,4-16,19H2,1-3H3,(H,29,30,31). The third-order valence-electron chi connectivity index (χ3n) is 8.00. The van der Waals surface area contributed by atoms with Gasteiger partial charge >= 0.3 is 6.09 Å². The van der Waals surface area contributed by atoms with Crippen molar-refractivity contribution in [1.82, 2.24) is 14.9 Å². The number of ether oxygens (including phenoxy) is 2. The van der Waals surface area contributed by atoms with Crippen molar-refractivity contribution in [3.05, 3.63) is 11.9 Å². The highest BCUT2D eigenvalue weighted by molar-refractivity contribution is 5.68. The molecule has 1 saturated heterocycles. The van der Waals surface area contributed by atoms with Gasteiger partial charge in [-0.05, 0) is 95.8 Å². The van der Waals surface area contributed by atoms with Gasteiger partial charge in [-0.15, -0.1) is 0 Å². The number of carbonyl (C=O) groups excluding carboxylic acids is 1. The summed E-state index contributed by atoms with van der Waals surface area (Å²) in [6.45, 7) is 8.50. The average Bonchev–Trinajstić information content (AvgIpc) is 2.81. The van der Waals surface area contributed by atoms with Crippen molar-refractivity contribution in [2.45, 2.75) is 90.6 Å². The largest absolute Gasteiger partial charge is 0.477 e. The van der Waals surface area contributed by atoms with Crippen molar-refractivity contribution in [1.29, 1.82) is 5.26 Å². The molecule has 1 amide bonds. The molecule has 0 radical (unpaired) electrons. The van der Waals surface area contributed by atoms with Crippen LogP contribution < -0.4 is 10.1 Å². The number of nitrogens with zero attached hydrogens (tertiary/aromatic N) is 4. The number of aromatic nitrogens is 2. The summed E-state index contributed by atoms with van der Waals surface area (Å²) in [6, 6.07) is 3.86. The monoisotopic (exact) mass is 483 g/mol. The second-order valence-electron chi connectivity index (χ2n) is 11.8. The molecule has 1 aliphatic heterocycles. The minimum absolute atomic E-state index is 0.132. The van der Waals surface area contributed by atoms with E-state index in [2.05, 4.69) is 21.4 Å². The van der Waals surface area contributed by atoms with Crippen molar-refractivity contribution in [2.24, 2.45) is 17.3 Å². The van der Waals surface area contributed by atoms with Crippen LogP contribution in [0.5, 0.6) is 5.88 Å². The Morgan fingerprint density at radius 3 is 2.46 bits per heavy atom. The van der Waals surface area contributed by atoms with Crippen molar-refractivity contribution in [3.63, 3.8) is 0 Å². The lowest BCUT2D eigenvalue weighted by molar-refractivity contribution is 0.0177. The number of hydrogen-bond acceptors (Lipinski definition) is 7. The molecule has 2 aliphatic carbocycles. The Bertz CT molecular complexity index is 900. The van der Waals surface area contributed by atoms with Gasteiger partial charge in [0.05, 0.1) is 6.61 Å². The van der Waals surface area contributed by atoms with Gasteiger partial charge in [-0.2, -0.15) is 10.2 Å². The highest BCUT2D eigenvalue weighted by Crippen LogP contribution is 2.52. The minimum Gasteiger partial charge on any atom is -0.477 e. The second kappa shape index (κ2) is 11.0. The molecule has 35 heavy (non-hydrogen) atoms. The third kappa shape index (κ3) is 7.22. The molecule has 2 saturated carbocycles. The summed E-state index contributed by atoms with van der Waals surface area (Å²) < 4.78 is 11.4. The zero-order valence-electron chi connectivity index (χ0n) is 21.6. The zero-order chi connectivity index (χ0) is 24.9. The number of hydrogen-bond donors (Lipinski definition) is 1. The molecule has 1 aromatic rings. The maximum Gasteiger partial charge on any atom is 0.410 e. The van der Waals surface area contributed by atoms with Gasteiger partial charge in [0.1, 0.15) is 17.5 Å². The molecule has 1 N–H and O–H groups in total. The summed E-state index contributed by atoms with van der Waals surface area (Å²) >= 11 is 0. The Hall–Kier alpha value is -2.56. The summed E-state index contributed by atoms with van der Waals surface area (Å²) in [5.74, 6) is 2.41. The molecule has 8 heteroatoms. The summed E-state index contributed by atoms with van der Waals surface area (Å²) in [7, 11) is 0. The van der Waals surface area contributed by atoms with Crippen molar-refractivity contribution in [3.8, 4) is 11.9 Å². The molecule has 2 heterocycles. The van der Waals surface area contributed by atoms with Crippen LogP contribution in [0, 0.1) is 28.6 Å². The van der Waals surface area contributed by atoms with Crippen LogP contribution in [-0.2, 0) is 4.74 Å². The van der Waals surface area contributed by atoms with E-state index in [4.69, 9.17) is 9.47 Å². The molecular weight excluding hydrogens is 442 g/mol. The van der Waals surface area contributed by atoms with Crippen molar-refractivity contribution < 1.29 is 14.3 Å². The van der Waals surface area contributed by atoms with E-state index in [0.717, 1.165) is 25.8 Å². The second-order valence-corrected chi connectivity index (χ2v) is 11.8. The number of likely N-dealkylation sites (tertiary alicyclic amines) is 1. The van der Waals surface area contributed by atoms with Crippen LogP contribution in [0.4, 0.5) is 10.6 Å². The van der Waals surface area contributed by atoms with E-state index in [0.29, 0.717) is 48.6 Å². The van der Waals surface area contributed by atoms with Gasteiger partial charge in [0.2, 0.25) is 11.7 Å². The lowest BCUT2D eigenvalue weighted by Gasteiger charge is -2.47. The van der Waals surface area contributed by atoms with Crippen LogP contribution in [-0.4, -0.2) is 52.8 Å². The molecule has 3 fully saturated rings. The summed E-state index contributed by atoms with van der Waals surface area (Å²) in [5, 5.41) is 12.8. The topological polar surface area (TPSA) is 100 Å². The molecule has 1 aromatic heterocycles. The van der Waals surface area contributed by atoms with Gasteiger partial charge in [-0.3, -0.25) is 0 Å². The van der Waals surface area contributed by atoms with Gasteiger partial charge in [-0.1, -0.05) is 6.42 Å². The van der Waals surface area contributed by atoms with E-state index < -0.39 is 5.60 Å². The Morgan fingerprint density at radius 2 is 1.86 bits per heavy atom. The molecule has 192 valence electrons. The summed E-state index contributed by atoms with van der Waals surface area (Å²) in [4.78, 5) is 22.6. The molecule has 4 rings (SSSR count). The van der Waals surface area contributed by atoms with E-state index in [1.165, 1.54) is 44.9 Å². The van der Waals surface area contributed by atoms with Gasteiger partial charge in [0, 0.05) is 25.7 Å². The van der Waals surface area contributed by atoms with Gasteiger partial charge < -0.3 is 19.7 Å². The molecule has 1 spiro atoms. The van der Waals surface area contributed by atoms with E-state index in [-0.39, 0.29) is 11.9 Å². The minimum atomic E-state index is -0.468. The number of nitriles is 1. The lowest BCUT2D eigenvalue weighted by atomic mass is 9.59. The number of piperidine rings is 1. The summed E-state index contributed by atoms with van der Waals surface area (Å²) in [6.07, 6.45) is 12.1. The van der Waals surface area contributed by atoms with Crippen LogP contribution >= 0.6 is 0 Å². The predicted molar refractivity (Wildman–Crippen MR) is 134 cm³/mol. The fourth-order valence-corrected chi connectivity index (χ4v) is 5.62. The predicted octanol–water partition coefficient (Wildman–Crippen LogP) is 5.54. The normalized spacial score (nSPS) is 20.7. The van der Waals surface area contributed by atoms with Gasteiger partial charge in [0.15, 0.2) is 0 Å². The average molecular weight is 484 g/mol. The maximum absolute atomic E-state index is 12.2. The molecule has 0 unspecified atom stereocenters. The Kier molecular flexibility index (Phi) is 8.03. The maximum atomic E-state index is 12.2. The molecular formula is C27H41N5O3. The number of carbonyl (C=O) groups is 1. The number of rotatable bonds is 7. The first kappa shape index (κ1) is 25.5. The first-order valence-electron chi connectivity index (χ1n) is 13.4. The van der Waals surface area contributed by atoms with E-state index >= 15 is 0 Å². The van der Waals surface area contributed by atoms with Crippen molar-refractivity contribution >= 4 is 11.9 Å². The third-order valence-corrected chi connectivity index (χ3v) is 8.00. The van der Waals surface area contributed by atoms with Crippen LogP contribution in [0.3, 0.4) is 0 Å². The van der Waals surface area contributed by atoms with E-state index in [1.807, 2.05) is 26.8 Å². The first-order valence-corrected chi connectivity index (χ1v) is 13.4. The highest BCUT2D eigenvalue weighted by Gasteiger charge is 2.39. The first-order chi connectivity index (χ1) is 16.7. The number of nitrogens with one attached hydrogen (secondary N) is 1. The Balaban J connectivity index is 1.19. The fourth-order valence-electron chi connectivity index (χ4n) is 5.62. The molecule has 3 aliphatic rings. The highest BCUT2D eigenvalue weighted by atomic mass is 16.6. The van der Waals surface area contributed by atoms with Gasteiger partial charge in [0.25, 0.3) is 0 Å². The molecule has 0 aromatic carbocycles. The quantitative estimate of drug-likeness (QED) is 0.543. The molecule has 0 bridgehead atoms. The summed E-state index contributed by atoms with van der Waals surface area (Å²) in [5.41, 5.74) is 0.206. The van der Waals surface area contributed by atoms with Crippen molar-refractivity contribution in [2.75, 3.05) is 31.6 Å². The van der Waals surface area contributed by atoms with Gasteiger partial charge in [-0.25, -0.2) is 9.78 Å². The SMILES string of the molecule is CC(C)(C)OC(=O)N1CCC(CCOc2cc(NCC3CCC4(CCC4)CC3)nc(C#N)n2)CC1. The molecule has 0 atom stereocenters. The van der Waals surface area contributed by atoms with Crippen LogP contribution in [0.1, 0.15) is 90.8 Å². The Morgan fingerprint density at radius 1 is 1.14 bits per heavy atom. The smallest absolute Gasteiger partial charge is 0.410 e. The number of amides is 1. The Labute approximate surface area is 209 Å². The van der Waals surface area contributed by atoms with E-state index in [1.54, 1.807) is 4.90 Å². The number of anilines is 1. The van der Waals surface area contributed by atoms with Crippen LogP contribution in [0.2, 0.25) is 0 Å². The van der Waals surface area contributed by atoms with Crippen LogP contribution in [0.15, 0.2) is 6.07 Å². The fraction of sp³-hybridized carbons (Fsp3) is 0.778. The van der Waals surface area contributed by atoms with Crippen LogP contribution in [0.25, 0.3) is 0 Å². The zero-order valence-corrected chi connectivity index (χ0v) is 21.6. The lowest BCUT2D eigenvalue weighted by Crippen LogP contribution is -2.41. The van der Waals surface area contributed by atoms with E-state index in [9.17, 15) is 10.1 Å². The molecule has 8 nitrogen and oxygen atoms in total.